The third kappa shape index (κ3) is 2.23. The lowest BCUT2D eigenvalue weighted by molar-refractivity contribution is -0.145. The van der Waals surface area contributed by atoms with Crippen molar-refractivity contribution in [2.24, 2.45) is 0 Å². The number of carboxylic acids is 1. The number of aliphatic carboxylic acids is 1. The molecule has 1 amide bonds. The summed E-state index contributed by atoms with van der Waals surface area (Å²) < 4.78 is 0. The number of likely N-dealkylation sites (tertiary alicyclic amines) is 1. The molecule has 0 aromatic heterocycles. The summed E-state index contributed by atoms with van der Waals surface area (Å²) in [5.41, 5.74) is 2.26. The van der Waals surface area contributed by atoms with Gasteiger partial charge in [0.25, 0.3) is 0 Å². The van der Waals surface area contributed by atoms with Crippen molar-refractivity contribution in [3.05, 3.63) is 35.4 Å². The molecular weight excluding hydrogens is 230 g/mol. The van der Waals surface area contributed by atoms with Crippen LogP contribution in [0.3, 0.4) is 0 Å². The topological polar surface area (TPSA) is 57.6 Å². The molecule has 0 unspecified atom stereocenters. The fraction of sp³-hybridized carbons (Fsp3) is 0.429. The van der Waals surface area contributed by atoms with E-state index in [1.54, 1.807) is 0 Å². The zero-order valence-corrected chi connectivity index (χ0v) is 10.4. The summed E-state index contributed by atoms with van der Waals surface area (Å²) in [6, 6.07) is 7.26. The Labute approximate surface area is 106 Å². The van der Waals surface area contributed by atoms with Crippen molar-refractivity contribution in [2.75, 3.05) is 0 Å². The Bertz CT molecular complexity index is 441. The molecule has 0 saturated carbocycles. The van der Waals surface area contributed by atoms with Gasteiger partial charge < -0.3 is 10.0 Å². The van der Waals surface area contributed by atoms with Gasteiger partial charge in [0.15, 0.2) is 0 Å². The van der Waals surface area contributed by atoms with E-state index in [4.69, 9.17) is 5.11 Å². The molecule has 1 N–H and O–H groups in total. The van der Waals surface area contributed by atoms with Crippen LogP contribution in [0.5, 0.6) is 0 Å². The Morgan fingerprint density at radius 1 is 1.39 bits per heavy atom. The average Bonchev–Trinajstić information content (AvgIpc) is 2.82. The van der Waals surface area contributed by atoms with E-state index in [-0.39, 0.29) is 6.04 Å². The monoisotopic (exact) mass is 247 g/mol. The first-order valence-electron chi connectivity index (χ1n) is 6.21. The van der Waals surface area contributed by atoms with Crippen LogP contribution in [0.4, 0.5) is 0 Å². The Balaban J connectivity index is 2.22. The van der Waals surface area contributed by atoms with E-state index < -0.39 is 12.0 Å². The molecule has 1 aliphatic rings. The quantitative estimate of drug-likeness (QED) is 0.828. The van der Waals surface area contributed by atoms with Crippen molar-refractivity contribution in [1.82, 2.24) is 4.90 Å². The van der Waals surface area contributed by atoms with Crippen LogP contribution in [0.15, 0.2) is 24.3 Å². The number of aryl methyl sites for hydroxylation is 1. The number of nitrogens with zero attached hydrogens (tertiary/aromatic N) is 1. The van der Waals surface area contributed by atoms with E-state index in [1.165, 1.54) is 10.5 Å². The zero-order valence-electron chi connectivity index (χ0n) is 10.4. The minimum Gasteiger partial charge on any atom is -0.480 e. The molecule has 2 rings (SSSR count). The van der Waals surface area contributed by atoms with Gasteiger partial charge in [-0.25, -0.2) is 4.79 Å². The smallest absolute Gasteiger partial charge is 0.326 e. The number of carboxylic acid groups (broad SMARTS) is 1. The second-order valence-corrected chi connectivity index (χ2v) is 4.59. The third-order valence-electron chi connectivity index (χ3n) is 3.61. The minimum atomic E-state index is -0.922. The maximum Gasteiger partial charge on any atom is 0.326 e. The maximum absolute atomic E-state index is 11.1. The summed E-state index contributed by atoms with van der Waals surface area (Å²) in [6.45, 7) is 2.09. The first-order chi connectivity index (χ1) is 8.67. The van der Waals surface area contributed by atoms with Gasteiger partial charge in [-0.15, -0.1) is 0 Å². The van der Waals surface area contributed by atoms with Crippen LogP contribution < -0.4 is 0 Å². The summed E-state index contributed by atoms with van der Waals surface area (Å²) in [4.78, 5) is 23.6. The molecule has 4 heteroatoms. The average molecular weight is 247 g/mol. The molecule has 1 aromatic carbocycles. The number of hydrogen-bond acceptors (Lipinski definition) is 2. The molecule has 1 saturated heterocycles. The maximum atomic E-state index is 11.1. The van der Waals surface area contributed by atoms with Crippen LogP contribution in [-0.4, -0.2) is 28.4 Å². The summed E-state index contributed by atoms with van der Waals surface area (Å²) >= 11 is 0. The van der Waals surface area contributed by atoms with Crippen LogP contribution >= 0.6 is 0 Å². The molecule has 2 atom stereocenters. The van der Waals surface area contributed by atoms with Gasteiger partial charge in [0.2, 0.25) is 6.41 Å². The van der Waals surface area contributed by atoms with Gasteiger partial charge in [0.1, 0.15) is 6.04 Å². The Morgan fingerprint density at radius 3 is 2.56 bits per heavy atom. The lowest BCUT2D eigenvalue weighted by Gasteiger charge is -2.24. The van der Waals surface area contributed by atoms with Gasteiger partial charge in [0, 0.05) is 0 Å². The molecule has 1 heterocycles. The SMILES string of the molecule is CCc1ccc([C@H]2CC[C@@H](C(=O)O)N2C=O)cc1. The van der Waals surface area contributed by atoms with Crippen molar-refractivity contribution in [3.63, 3.8) is 0 Å². The number of carbonyl (C=O) groups excluding carboxylic acids is 1. The molecule has 18 heavy (non-hydrogen) atoms. The number of benzene rings is 1. The fourth-order valence-corrected chi connectivity index (χ4v) is 2.54. The van der Waals surface area contributed by atoms with Crippen LogP contribution in [0.2, 0.25) is 0 Å². The molecule has 96 valence electrons. The standard InChI is InChI=1S/C14H17NO3/c1-2-10-3-5-11(6-4-10)12-7-8-13(14(17)18)15(12)9-16/h3-6,9,12-13H,2,7-8H2,1H3,(H,17,18)/t12-,13+/m1/s1. The van der Waals surface area contributed by atoms with Gasteiger partial charge in [-0.05, 0) is 30.4 Å². The van der Waals surface area contributed by atoms with Crippen LogP contribution in [0, 0.1) is 0 Å². The molecular formula is C14H17NO3. The van der Waals surface area contributed by atoms with E-state index in [0.29, 0.717) is 19.3 Å². The molecule has 0 bridgehead atoms. The lowest BCUT2D eigenvalue weighted by Crippen LogP contribution is -2.36. The molecule has 0 spiro atoms. The summed E-state index contributed by atoms with van der Waals surface area (Å²) in [6.07, 6.45) is 2.86. The number of hydrogen-bond donors (Lipinski definition) is 1. The summed E-state index contributed by atoms with van der Waals surface area (Å²) in [7, 11) is 0. The van der Waals surface area contributed by atoms with Gasteiger partial charge in [-0.1, -0.05) is 31.2 Å². The molecule has 1 aliphatic heterocycles. The second kappa shape index (κ2) is 5.21. The lowest BCUT2D eigenvalue weighted by atomic mass is 10.0. The van der Waals surface area contributed by atoms with Gasteiger partial charge in [-0.3, -0.25) is 4.79 Å². The number of carbonyl (C=O) groups is 2. The Hall–Kier alpha value is -1.84. The highest BCUT2D eigenvalue weighted by atomic mass is 16.4. The van der Waals surface area contributed by atoms with E-state index in [1.807, 2.05) is 24.3 Å². The Morgan fingerprint density at radius 2 is 2.06 bits per heavy atom. The molecule has 1 fully saturated rings. The van der Waals surface area contributed by atoms with E-state index in [2.05, 4.69) is 6.92 Å². The molecule has 1 aromatic rings. The third-order valence-corrected chi connectivity index (χ3v) is 3.61. The van der Waals surface area contributed by atoms with Crippen LogP contribution in [0.25, 0.3) is 0 Å². The minimum absolute atomic E-state index is 0.102. The van der Waals surface area contributed by atoms with Crippen molar-refractivity contribution in [3.8, 4) is 0 Å². The Kier molecular flexibility index (Phi) is 3.65. The van der Waals surface area contributed by atoms with Crippen molar-refractivity contribution in [1.29, 1.82) is 0 Å². The largest absolute Gasteiger partial charge is 0.480 e. The van der Waals surface area contributed by atoms with Crippen LogP contribution in [0.1, 0.15) is 36.9 Å². The highest BCUT2D eigenvalue weighted by molar-refractivity contribution is 5.77. The van der Waals surface area contributed by atoms with Gasteiger partial charge in [0.05, 0.1) is 6.04 Å². The fourth-order valence-electron chi connectivity index (χ4n) is 2.54. The van der Waals surface area contributed by atoms with Crippen LogP contribution in [-0.2, 0) is 16.0 Å². The van der Waals surface area contributed by atoms with E-state index >= 15 is 0 Å². The van der Waals surface area contributed by atoms with Crippen molar-refractivity contribution in [2.45, 2.75) is 38.3 Å². The van der Waals surface area contributed by atoms with E-state index in [0.717, 1.165) is 12.0 Å². The molecule has 0 aliphatic carbocycles. The summed E-state index contributed by atoms with van der Waals surface area (Å²) in [5, 5.41) is 9.06. The number of amides is 1. The van der Waals surface area contributed by atoms with Gasteiger partial charge in [-0.2, -0.15) is 0 Å². The predicted octanol–water partition coefficient (Wildman–Crippen LogP) is 2.00. The highest BCUT2D eigenvalue weighted by Crippen LogP contribution is 2.35. The normalized spacial score (nSPS) is 23.1. The van der Waals surface area contributed by atoms with E-state index in [9.17, 15) is 9.59 Å². The van der Waals surface area contributed by atoms with Crippen molar-refractivity contribution >= 4 is 12.4 Å². The first-order valence-corrected chi connectivity index (χ1v) is 6.21. The molecule has 4 nitrogen and oxygen atoms in total. The zero-order chi connectivity index (χ0) is 13.1. The second-order valence-electron chi connectivity index (χ2n) is 4.59. The highest BCUT2D eigenvalue weighted by Gasteiger charge is 2.37. The predicted molar refractivity (Wildman–Crippen MR) is 67.1 cm³/mol. The molecule has 0 radical (unpaired) electrons. The number of rotatable bonds is 4. The first kappa shape index (κ1) is 12.6. The van der Waals surface area contributed by atoms with Crippen molar-refractivity contribution < 1.29 is 14.7 Å². The summed E-state index contributed by atoms with van der Waals surface area (Å²) in [5.74, 6) is -0.922. The van der Waals surface area contributed by atoms with Gasteiger partial charge >= 0.3 is 5.97 Å².